The molecule has 0 spiro atoms. The van der Waals surface area contributed by atoms with Crippen molar-refractivity contribution in [3.63, 3.8) is 0 Å². The second kappa shape index (κ2) is 20.9. The number of amides is 3. The molecular weight excluding hydrogens is 482 g/mol. The molecule has 3 amide bonds. The molecule has 0 aromatic carbocycles. The summed E-state index contributed by atoms with van der Waals surface area (Å²) in [6, 6.07) is 0. The van der Waals surface area contributed by atoms with Crippen molar-refractivity contribution in [1.29, 1.82) is 0 Å². The lowest BCUT2D eigenvalue weighted by Gasteiger charge is -2.24. The molecule has 8 heteroatoms. The van der Waals surface area contributed by atoms with Gasteiger partial charge in [-0.3, -0.25) is 4.79 Å². The zero-order valence-corrected chi connectivity index (χ0v) is 25.7. The third kappa shape index (κ3) is 24.4. The predicted molar refractivity (Wildman–Crippen MR) is 155 cm³/mol. The Morgan fingerprint density at radius 3 is 1.32 bits per heavy atom. The number of alkyl carbamates (subject to hydrolysis) is 2. The first-order valence-electron chi connectivity index (χ1n) is 15.1. The van der Waals surface area contributed by atoms with Crippen molar-refractivity contribution in [2.75, 3.05) is 26.2 Å². The van der Waals surface area contributed by atoms with Crippen LogP contribution in [-0.4, -0.2) is 60.4 Å². The Morgan fingerprint density at radius 1 is 0.579 bits per heavy atom. The largest absolute Gasteiger partial charge is 0.444 e. The molecule has 0 bridgehead atoms. The summed E-state index contributed by atoms with van der Waals surface area (Å²) in [7, 11) is 0. The van der Waals surface area contributed by atoms with Gasteiger partial charge in [0, 0.05) is 32.6 Å². The third-order valence-corrected chi connectivity index (χ3v) is 5.89. The molecule has 0 rings (SSSR count). The van der Waals surface area contributed by atoms with Crippen molar-refractivity contribution in [3.05, 3.63) is 0 Å². The first kappa shape index (κ1) is 36.0. The number of nitrogens with zero attached hydrogens (tertiary/aromatic N) is 1. The summed E-state index contributed by atoms with van der Waals surface area (Å²) in [5, 5.41) is 5.51. The Labute approximate surface area is 233 Å². The number of hydrogen-bond donors (Lipinski definition) is 2. The molecule has 2 N–H and O–H groups in total. The van der Waals surface area contributed by atoms with Gasteiger partial charge in [-0.25, -0.2) is 9.59 Å². The summed E-state index contributed by atoms with van der Waals surface area (Å²) in [6.07, 6.45) is 14.7. The number of carbonyl (C=O) groups excluding carboxylic acids is 3. The monoisotopic (exact) mass is 541 g/mol. The highest BCUT2D eigenvalue weighted by Crippen LogP contribution is 2.13. The topological polar surface area (TPSA) is 97.0 Å². The number of carbonyl (C=O) groups is 3. The summed E-state index contributed by atoms with van der Waals surface area (Å²) >= 11 is 0. The van der Waals surface area contributed by atoms with Crippen molar-refractivity contribution in [2.45, 2.75) is 150 Å². The molecule has 0 aromatic rings. The fraction of sp³-hybridized carbons (Fsp3) is 0.900. The van der Waals surface area contributed by atoms with E-state index < -0.39 is 23.4 Å². The van der Waals surface area contributed by atoms with Crippen molar-refractivity contribution in [1.82, 2.24) is 15.5 Å². The molecule has 0 saturated carbocycles. The minimum absolute atomic E-state index is 0.135. The molecule has 0 aliphatic carbocycles. The summed E-state index contributed by atoms with van der Waals surface area (Å²) in [5.41, 5.74) is -1.08. The Balaban J connectivity index is 4.36. The first-order chi connectivity index (χ1) is 17.8. The predicted octanol–water partition coefficient (Wildman–Crippen LogP) is 7.35. The highest BCUT2D eigenvalue weighted by molar-refractivity contribution is 5.76. The van der Waals surface area contributed by atoms with Crippen LogP contribution in [0, 0.1) is 0 Å². The van der Waals surface area contributed by atoms with Crippen LogP contribution in [0.2, 0.25) is 0 Å². The van der Waals surface area contributed by atoms with Crippen LogP contribution < -0.4 is 10.6 Å². The second-order valence-electron chi connectivity index (χ2n) is 12.2. The van der Waals surface area contributed by atoms with Crippen LogP contribution in [0.4, 0.5) is 9.59 Å². The number of unbranched alkanes of at least 4 members (excludes halogenated alkanes) is 10. The highest BCUT2D eigenvalue weighted by Gasteiger charge is 2.18. The molecule has 0 aliphatic rings. The van der Waals surface area contributed by atoms with Crippen molar-refractivity contribution >= 4 is 18.1 Å². The molecule has 0 saturated heterocycles. The SMILES string of the molecule is CCCCCCCCCCCCCC(=O)N(CCCNC(=O)OC(C)(C)C)CCCNC(=O)OC(C)(C)C. The quantitative estimate of drug-likeness (QED) is 0.157. The smallest absolute Gasteiger partial charge is 0.407 e. The molecule has 0 aromatic heterocycles. The molecule has 0 radical (unpaired) electrons. The van der Waals surface area contributed by atoms with Crippen LogP contribution in [0.1, 0.15) is 138 Å². The maximum Gasteiger partial charge on any atom is 0.407 e. The zero-order chi connectivity index (χ0) is 28.9. The van der Waals surface area contributed by atoms with Crippen LogP contribution in [0.3, 0.4) is 0 Å². The van der Waals surface area contributed by atoms with E-state index in [9.17, 15) is 14.4 Å². The van der Waals surface area contributed by atoms with Gasteiger partial charge in [0.05, 0.1) is 0 Å². The number of rotatable bonds is 20. The van der Waals surface area contributed by atoms with E-state index in [1.54, 1.807) is 0 Å². The van der Waals surface area contributed by atoms with Gasteiger partial charge in [-0.1, -0.05) is 71.1 Å². The average Bonchev–Trinajstić information content (AvgIpc) is 2.79. The summed E-state index contributed by atoms with van der Waals surface area (Å²) < 4.78 is 10.5. The Morgan fingerprint density at radius 2 is 0.947 bits per heavy atom. The van der Waals surface area contributed by atoms with Gasteiger partial charge in [-0.2, -0.15) is 0 Å². The normalized spacial score (nSPS) is 11.7. The molecule has 224 valence electrons. The minimum atomic E-state index is -0.540. The van der Waals surface area contributed by atoms with Crippen molar-refractivity contribution in [2.24, 2.45) is 0 Å². The second-order valence-corrected chi connectivity index (χ2v) is 12.2. The standard InChI is InChI=1S/C30H59N3O5/c1-8-9-10-11-12-13-14-15-16-17-18-21-26(34)33(24-19-22-31-27(35)37-29(2,3)4)25-20-23-32-28(36)38-30(5,6)7/h8-25H2,1-7H3,(H,31,35)(H,32,36). The number of hydrogen-bond acceptors (Lipinski definition) is 5. The molecule has 0 fully saturated rings. The van der Waals surface area contributed by atoms with E-state index in [1.165, 1.54) is 57.8 Å². The lowest BCUT2D eigenvalue weighted by molar-refractivity contribution is -0.131. The summed E-state index contributed by atoms with van der Waals surface area (Å²) in [5.74, 6) is 0.135. The molecular formula is C30H59N3O5. The fourth-order valence-corrected chi connectivity index (χ4v) is 4.01. The van der Waals surface area contributed by atoms with E-state index in [2.05, 4.69) is 17.6 Å². The van der Waals surface area contributed by atoms with E-state index in [1.807, 2.05) is 46.4 Å². The zero-order valence-electron chi connectivity index (χ0n) is 25.7. The molecule has 0 heterocycles. The number of nitrogens with one attached hydrogen (secondary N) is 2. The molecule has 0 atom stereocenters. The van der Waals surface area contributed by atoms with Crippen molar-refractivity contribution in [3.8, 4) is 0 Å². The van der Waals surface area contributed by atoms with Gasteiger partial charge in [-0.05, 0) is 60.8 Å². The highest BCUT2D eigenvalue weighted by atomic mass is 16.6. The van der Waals surface area contributed by atoms with Gasteiger partial charge in [0.25, 0.3) is 0 Å². The van der Waals surface area contributed by atoms with Gasteiger partial charge >= 0.3 is 12.2 Å². The van der Waals surface area contributed by atoms with E-state index in [0.717, 1.165) is 12.8 Å². The van der Waals surface area contributed by atoms with Crippen LogP contribution in [0.25, 0.3) is 0 Å². The van der Waals surface area contributed by atoms with Crippen molar-refractivity contribution < 1.29 is 23.9 Å². The maximum absolute atomic E-state index is 12.9. The summed E-state index contributed by atoms with van der Waals surface area (Å²) in [4.78, 5) is 38.5. The molecule has 0 unspecified atom stereocenters. The molecule has 0 aliphatic heterocycles. The van der Waals surface area contributed by atoms with Crippen LogP contribution in [0.5, 0.6) is 0 Å². The van der Waals surface area contributed by atoms with Gasteiger partial charge < -0.3 is 25.0 Å². The van der Waals surface area contributed by atoms with Crippen LogP contribution in [0.15, 0.2) is 0 Å². The molecule has 8 nitrogen and oxygen atoms in total. The maximum atomic E-state index is 12.9. The summed E-state index contributed by atoms with van der Waals surface area (Å²) in [6.45, 7) is 15.2. The lowest BCUT2D eigenvalue weighted by Crippen LogP contribution is -2.38. The first-order valence-corrected chi connectivity index (χ1v) is 15.1. The van der Waals surface area contributed by atoms with E-state index in [4.69, 9.17) is 9.47 Å². The fourth-order valence-electron chi connectivity index (χ4n) is 4.01. The van der Waals surface area contributed by atoms with Gasteiger partial charge in [-0.15, -0.1) is 0 Å². The van der Waals surface area contributed by atoms with Crippen LogP contribution >= 0.6 is 0 Å². The molecule has 38 heavy (non-hydrogen) atoms. The van der Waals surface area contributed by atoms with E-state index >= 15 is 0 Å². The number of ether oxygens (including phenoxy) is 2. The van der Waals surface area contributed by atoms with Gasteiger partial charge in [0.2, 0.25) is 5.91 Å². The average molecular weight is 542 g/mol. The Hall–Kier alpha value is -1.99. The van der Waals surface area contributed by atoms with E-state index in [0.29, 0.717) is 45.4 Å². The van der Waals surface area contributed by atoms with E-state index in [-0.39, 0.29) is 5.91 Å². The Kier molecular flexibility index (Phi) is 19.8. The third-order valence-electron chi connectivity index (χ3n) is 5.89. The Bertz CT molecular complexity index is 605. The van der Waals surface area contributed by atoms with Gasteiger partial charge in [0.15, 0.2) is 0 Å². The minimum Gasteiger partial charge on any atom is -0.444 e. The lowest BCUT2D eigenvalue weighted by atomic mass is 10.1. The van der Waals surface area contributed by atoms with Gasteiger partial charge in [0.1, 0.15) is 11.2 Å². The van der Waals surface area contributed by atoms with Crippen LogP contribution in [-0.2, 0) is 14.3 Å².